The standard InChI is InChI=1S/C15H22N2/c1-4-12(10-16-2)9-13-11-17(3)15-8-6-5-7-14(13)15/h5-8,11-12,16H,4,9-10H2,1-3H3. The van der Waals surface area contributed by atoms with Crippen molar-refractivity contribution in [2.24, 2.45) is 13.0 Å². The highest BCUT2D eigenvalue weighted by Gasteiger charge is 2.11. The zero-order valence-corrected chi connectivity index (χ0v) is 11.0. The van der Waals surface area contributed by atoms with E-state index in [-0.39, 0.29) is 0 Å². The van der Waals surface area contributed by atoms with Gasteiger partial charge in [0.15, 0.2) is 0 Å². The van der Waals surface area contributed by atoms with Crippen molar-refractivity contribution in [3.05, 3.63) is 36.0 Å². The maximum Gasteiger partial charge on any atom is 0.0480 e. The lowest BCUT2D eigenvalue weighted by Crippen LogP contribution is -2.19. The molecule has 0 saturated heterocycles. The molecule has 1 atom stereocenters. The average molecular weight is 230 g/mol. The molecule has 92 valence electrons. The normalized spacial score (nSPS) is 13.1. The molecule has 17 heavy (non-hydrogen) atoms. The van der Waals surface area contributed by atoms with Gasteiger partial charge in [0, 0.05) is 24.1 Å². The molecule has 2 nitrogen and oxygen atoms in total. The molecule has 1 aromatic carbocycles. The Kier molecular flexibility index (Phi) is 3.85. The van der Waals surface area contributed by atoms with Gasteiger partial charge in [0.25, 0.3) is 0 Å². The van der Waals surface area contributed by atoms with Crippen LogP contribution in [-0.4, -0.2) is 18.2 Å². The molecule has 1 N–H and O–H groups in total. The van der Waals surface area contributed by atoms with Crippen LogP contribution < -0.4 is 5.32 Å². The monoisotopic (exact) mass is 230 g/mol. The van der Waals surface area contributed by atoms with E-state index >= 15 is 0 Å². The maximum absolute atomic E-state index is 3.29. The van der Waals surface area contributed by atoms with E-state index in [2.05, 4.69) is 54.3 Å². The van der Waals surface area contributed by atoms with Crippen LogP contribution in [0.3, 0.4) is 0 Å². The second-order valence-electron chi connectivity index (χ2n) is 4.82. The second-order valence-corrected chi connectivity index (χ2v) is 4.82. The predicted molar refractivity (Wildman–Crippen MR) is 74.3 cm³/mol. The van der Waals surface area contributed by atoms with E-state index in [1.165, 1.54) is 29.3 Å². The highest BCUT2D eigenvalue weighted by molar-refractivity contribution is 5.83. The lowest BCUT2D eigenvalue weighted by atomic mass is 9.96. The molecule has 0 aliphatic carbocycles. The van der Waals surface area contributed by atoms with E-state index in [0.29, 0.717) is 0 Å². The summed E-state index contributed by atoms with van der Waals surface area (Å²) in [6.45, 7) is 3.37. The summed E-state index contributed by atoms with van der Waals surface area (Å²) >= 11 is 0. The first-order chi connectivity index (χ1) is 8.26. The Bertz CT molecular complexity index is 485. The van der Waals surface area contributed by atoms with Crippen LogP contribution in [0.2, 0.25) is 0 Å². The van der Waals surface area contributed by atoms with Crippen molar-refractivity contribution >= 4 is 10.9 Å². The molecule has 0 radical (unpaired) electrons. The third-order valence-corrected chi connectivity index (χ3v) is 3.56. The Labute approximate surface area is 104 Å². The fraction of sp³-hybridized carbons (Fsp3) is 0.467. The minimum atomic E-state index is 0.728. The summed E-state index contributed by atoms with van der Waals surface area (Å²) in [6, 6.07) is 8.66. The van der Waals surface area contributed by atoms with Crippen molar-refractivity contribution in [3.63, 3.8) is 0 Å². The van der Waals surface area contributed by atoms with Gasteiger partial charge in [-0.05, 0) is 37.6 Å². The quantitative estimate of drug-likeness (QED) is 0.835. The van der Waals surface area contributed by atoms with Gasteiger partial charge in [0.1, 0.15) is 0 Å². The zero-order chi connectivity index (χ0) is 12.3. The number of aromatic nitrogens is 1. The zero-order valence-electron chi connectivity index (χ0n) is 11.0. The van der Waals surface area contributed by atoms with Gasteiger partial charge in [-0.15, -0.1) is 0 Å². The van der Waals surface area contributed by atoms with Gasteiger partial charge in [0.2, 0.25) is 0 Å². The lowest BCUT2D eigenvalue weighted by molar-refractivity contribution is 0.482. The number of fused-ring (bicyclic) bond motifs is 1. The van der Waals surface area contributed by atoms with Crippen LogP contribution >= 0.6 is 0 Å². The highest BCUT2D eigenvalue weighted by atomic mass is 14.9. The Morgan fingerprint density at radius 3 is 2.76 bits per heavy atom. The molecule has 0 saturated carbocycles. The Morgan fingerprint density at radius 1 is 1.29 bits per heavy atom. The number of nitrogens with one attached hydrogen (secondary N) is 1. The van der Waals surface area contributed by atoms with Crippen molar-refractivity contribution in [2.45, 2.75) is 19.8 Å². The van der Waals surface area contributed by atoms with Gasteiger partial charge in [0.05, 0.1) is 0 Å². The van der Waals surface area contributed by atoms with Crippen molar-refractivity contribution in [1.29, 1.82) is 0 Å². The third-order valence-electron chi connectivity index (χ3n) is 3.56. The topological polar surface area (TPSA) is 17.0 Å². The Hall–Kier alpha value is -1.28. The van der Waals surface area contributed by atoms with E-state index in [0.717, 1.165) is 12.5 Å². The van der Waals surface area contributed by atoms with Crippen molar-refractivity contribution in [1.82, 2.24) is 9.88 Å². The Balaban J connectivity index is 2.29. The SMILES string of the molecule is CCC(CNC)Cc1cn(C)c2ccccc12. The van der Waals surface area contributed by atoms with E-state index in [1.54, 1.807) is 0 Å². The molecular weight excluding hydrogens is 208 g/mol. The average Bonchev–Trinajstić information content (AvgIpc) is 2.66. The van der Waals surface area contributed by atoms with Crippen LogP contribution in [-0.2, 0) is 13.5 Å². The molecular formula is C15H22N2. The molecule has 1 heterocycles. The van der Waals surface area contributed by atoms with Gasteiger partial charge >= 0.3 is 0 Å². The number of para-hydroxylation sites is 1. The third kappa shape index (κ3) is 2.52. The largest absolute Gasteiger partial charge is 0.350 e. The van der Waals surface area contributed by atoms with Crippen LogP contribution in [0, 0.1) is 5.92 Å². The fourth-order valence-electron chi connectivity index (χ4n) is 2.55. The molecule has 2 heteroatoms. The van der Waals surface area contributed by atoms with Crippen LogP contribution in [0.1, 0.15) is 18.9 Å². The number of rotatable bonds is 5. The number of hydrogen-bond acceptors (Lipinski definition) is 1. The molecule has 2 aromatic rings. The van der Waals surface area contributed by atoms with Crippen molar-refractivity contribution < 1.29 is 0 Å². The second kappa shape index (κ2) is 5.37. The maximum atomic E-state index is 3.29. The van der Waals surface area contributed by atoms with Crippen molar-refractivity contribution in [3.8, 4) is 0 Å². The molecule has 0 bridgehead atoms. The first-order valence-corrected chi connectivity index (χ1v) is 6.43. The first kappa shape index (κ1) is 12.2. The first-order valence-electron chi connectivity index (χ1n) is 6.43. The smallest absolute Gasteiger partial charge is 0.0480 e. The van der Waals surface area contributed by atoms with Gasteiger partial charge in [-0.2, -0.15) is 0 Å². The van der Waals surface area contributed by atoms with Gasteiger partial charge < -0.3 is 9.88 Å². The summed E-state index contributed by atoms with van der Waals surface area (Å²) < 4.78 is 2.23. The molecule has 1 aromatic heterocycles. The van der Waals surface area contributed by atoms with Gasteiger partial charge in [-0.1, -0.05) is 31.5 Å². The Morgan fingerprint density at radius 2 is 2.06 bits per heavy atom. The number of hydrogen-bond donors (Lipinski definition) is 1. The van der Waals surface area contributed by atoms with Crippen LogP contribution in [0.15, 0.2) is 30.5 Å². The van der Waals surface area contributed by atoms with Gasteiger partial charge in [-0.25, -0.2) is 0 Å². The van der Waals surface area contributed by atoms with E-state index in [1.807, 2.05) is 7.05 Å². The van der Waals surface area contributed by atoms with Crippen LogP contribution in [0.25, 0.3) is 10.9 Å². The summed E-state index contributed by atoms with van der Waals surface area (Å²) in [6.07, 6.45) is 4.67. The van der Waals surface area contributed by atoms with Crippen molar-refractivity contribution in [2.75, 3.05) is 13.6 Å². The van der Waals surface area contributed by atoms with Crippen LogP contribution in [0.4, 0.5) is 0 Å². The summed E-state index contributed by atoms with van der Waals surface area (Å²) in [5.41, 5.74) is 2.81. The van der Waals surface area contributed by atoms with E-state index < -0.39 is 0 Å². The van der Waals surface area contributed by atoms with E-state index in [9.17, 15) is 0 Å². The number of benzene rings is 1. The summed E-state index contributed by atoms with van der Waals surface area (Å²) in [5, 5.41) is 4.69. The molecule has 2 rings (SSSR count). The van der Waals surface area contributed by atoms with Crippen LogP contribution in [0.5, 0.6) is 0 Å². The van der Waals surface area contributed by atoms with Gasteiger partial charge in [-0.3, -0.25) is 0 Å². The minimum Gasteiger partial charge on any atom is -0.350 e. The fourth-order valence-corrected chi connectivity index (χ4v) is 2.55. The molecule has 0 fully saturated rings. The number of nitrogens with zero attached hydrogens (tertiary/aromatic N) is 1. The summed E-state index contributed by atoms with van der Waals surface area (Å²) in [4.78, 5) is 0. The molecule has 0 aliphatic rings. The number of aryl methyl sites for hydroxylation is 1. The molecule has 0 aliphatic heterocycles. The molecule has 1 unspecified atom stereocenters. The lowest BCUT2D eigenvalue weighted by Gasteiger charge is -2.13. The molecule has 0 amide bonds. The highest BCUT2D eigenvalue weighted by Crippen LogP contribution is 2.23. The van der Waals surface area contributed by atoms with E-state index in [4.69, 9.17) is 0 Å². The molecule has 0 spiro atoms. The minimum absolute atomic E-state index is 0.728. The predicted octanol–water partition coefficient (Wildman–Crippen LogP) is 2.97. The summed E-state index contributed by atoms with van der Waals surface area (Å²) in [7, 11) is 4.16. The summed E-state index contributed by atoms with van der Waals surface area (Å²) in [5.74, 6) is 0.728.